The Bertz CT molecular complexity index is 635. The molecule has 0 heterocycles. The lowest BCUT2D eigenvalue weighted by molar-refractivity contribution is 0.344. The van der Waals surface area contributed by atoms with Gasteiger partial charge in [0.15, 0.2) is 0 Å². The number of rotatable bonds is 6. The summed E-state index contributed by atoms with van der Waals surface area (Å²) < 4.78 is 27.6. The standard InChI is InChI=1S/C15H23N3O2S/c1-12-6-7-13(2)15(10-12)11-17(4)21(19,20)18(5)14(3)8-9-16/h6-7,10,14H,8,11H2,1-5H3/t14-/m1/s1. The van der Waals surface area contributed by atoms with Gasteiger partial charge in [-0.3, -0.25) is 0 Å². The molecule has 0 aliphatic heterocycles. The highest BCUT2D eigenvalue weighted by molar-refractivity contribution is 7.86. The zero-order chi connectivity index (χ0) is 16.2. The molecule has 0 bridgehead atoms. The van der Waals surface area contributed by atoms with Gasteiger partial charge in [-0.15, -0.1) is 0 Å². The second-order valence-corrected chi connectivity index (χ2v) is 7.52. The Kier molecular flexibility index (Phi) is 5.90. The summed E-state index contributed by atoms with van der Waals surface area (Å²) in [6.45, 7) is 6.00. The van der Waals surface area contributed by atoms with E-state index >= 15 is 0 Å². The van der Waals surface area contributed by atoms with Gasteiger partial charge in [0.05, 0.1) is 12.5 Å². The number of aryl methyl sites for hydroxylation is 2. The van der Waals surface area contributed by atoms with Gasteiger partial charge in [-0.25, -0.2) is 0 Å². The lowest BCUT2D eigenvalue weighted by Gasteiger charge is -2.28. The van der Waals surface area contributed by atoms with Crippen LogP contribution >= 0.6 is 0 Å². The molecule has 1 aromatic carbocycles. The molecule has 6 heteroatoms. The van der Waals surface area contributed by atoms with Crippen LogP contribution in [0.15, 0.2) is 18.2 Å². The maximum Gasteiger partial charge on any atom is 0.282 e. The van der Waals surface area contributed by atoms with E-state index in [-0.39, 0.29) is 12.5 Å². The average Bonchev–Trinajstić information content (AvgIpc) is 2.42. The number of hydrogen-bond acceptors (Lipinski definition) is 3. The van der Waals surface area contributed by atoms with E-state index in [0.717, 1.165) is 16.7 Å². The van der Waals surface area contributed by atoms with Crippen LogP contribution in [0.4, 0.5) is 0 Å². The van der Waals surface area contributed by atoms with Crippen molar-refractivity contribution in [2.45, 2.75) is 39.8 Å². The minimum atomic E-state index is -3.57. The number of benzene rings is 1. The third kappa shape index (κ3) is 4.27. The summed E-state index contributed by atoms with van der Waals surface area (Å²) >= 11 is 0. The molecule has 0 saturated carbocycles. The molecule has 5 nitrogen and oxygen atoms in total. The van der Waals surface area contributed by atoms with E-state index in [4.69, 9.17) is 5.26 Å². The summed E-state index contributed by atoms with van der Waals surface area (Å²) in [6.07, 6.45) is 0.174. The van der Waals surface area contributed by atoms with Crippen LogP contribution in [0.1, 0.15) is 30.0 Å². The second kappa shape index (κ2) is 7.03. The van der Waals surface area contributed by atoms with Gasteiger partial charge in [-0.1, -0.05) is 23.8 Å². The van der Waals surface area contributed by atoms with Crippen LogP contribution in [-0.2, 0) is 16.8 Å². The van der Waals surface area contributed by atoms with Crippen molar-refractivity contribution in [3.05, 3.63) is 34.9 Å². The molecule has 1 aromatic rings. The van der Waals surface area contributed by atoms with Gasteiger partial charge in [-0.05, 0) is 31.9 Å². The first kappa shape index (κ1) is 17.6. The Morgan fingerprint density at radius 2 is 1.90 bits per heavy atom. The molecule has 1 atom stereocenters. The molecule has 0 aromatic heterocycles. The maximum atomic E-state index is 12.5. The lowest BCUT2D eigenvalue weighted by Crippen LogP contribution is -2.43. The molecule has 0 aliphatic rings. The molecule has 0 unspecified atom stereocenters. The molecular formula is C15H23N3O2S. The summed E-state index contributed by atoms with van der Waals surface area (Å²) in [5.41, 5.74) is 3.16. The Labute approximate surface area is 128 Å². The minimum Gasteiger partial charge on any atom is -0.198 e. The van der Waals surface area contributed by atoms with Crippen molar-refractivity contribution in [2.75, 3.05) is 14.1 Å². The van der Waals surface area contributed by atoms with Gasteiger partial charge in [-0.2, -0.15) is 22.3 Å². The van der Waals surface area contributed by atoms with Crippen molar-refractivity contribution in [1.82, 2.24) is 8.61 Å². The van der Waals surface area contributed by atoms with E-state index < -0.39 is 10.2 Å². The first-order chi connectivity index (χ1) is 9.70. The van der Waals surface area contributed by atoms with Gasteiger partial charge < -0.3 is 0 Å². The summed E-state index contributed by atoms with van der Waals surface area (Å²) in [5, 5.41) is 8.71. The third-order valence-electron chi connectivity index (χ3n) is 3.66. The fourth-order valence-electron chi connectivity index (χ4n) is 2.00. The van der Waals surface area contributed by atoms with Crippen molar-refractivity contribution in [3.8, 4) is 6.07 Å². The average molecular weight is 309 g/mol. The first-order valence-corrected chi connectivity index (χ1v) is 8.22. The van der Waals surface area contributed by atoms with Crippen molar-refractivity contribution >= 4 is 10.2 Å². The van der Waals surface area contributed by atoms with Crippen molar-refractivity contribution in [2.24, 2.45) is 0 Å². The Morgan fingerprint density at radius 3 is 2.48 bits per heavy atom. The highest BCUT2D eigenvalue weighted by atomic mass is 32.2. The van der Waals surface area contributed by atoms with Crippen molar-refractivity contribution in [1.29, 1.82) is 5.26 Å². The lowest BCUT2D eigenvalue weighted by atomic mass is 10.1. The van der Waals surface area contributed by atoms with Gasteiger partial charge in [0.1, 0.15) is 0 Å². The Hall–Kier alpha value is -1.42. The highest BCUT2D eigenvalue weighted by Crippen LogP contribution is 2.17. The second-order valence-electron chi connectivity index (χ2n) is 5.42. The van der Waals surface area contributed by atoms with E-state index in [1.54, 1.807) is 14.0 Å². The van der Waals surface area contributed by atoms with Crippen LogP contribution in [0.3, 0.4) is 0 Å². The molecular weight excluding hydrogens is 286 g/mol. The Balaban J connectivity index is 2.94. The monoisotopic (exact) mass is 309 g/mol. The predicted molar refractivity (Wildman–Crippen MR) is 83.8 cm³/mol. The number of nitriles is 1. The van der Waals surface area contributed by atoms with Crippen LogP contribution in [-0.4, -0.2) is 37.2 Å². The van der Waals surface area contributed by atoms with Crippen molar-refractivity contribution < 1.29 is 8.42 Å². The predicted octanol–water partition coefficient (Wildman–Crippen LogP) is 2.21. The fourth-order valence-corrected chi connectivity index (χ4v) is 3.27. The van der Waals surface area contributed by atoms with Crippen LogP contribution < -0.4 is 0 Å². The summed E-state index contributed by atoms with van der Waals surface area (Å²) in [6, 6.07) is 7.66. The molecule has 0 spiro atoms. The van der Waals surface area contributed by atoms with E-state index in [1.807, 2.05) is 38.1 Å². The van der Waals surface area contributed by atoms with E-state index in [0.29, 0.717) is 6.54 Å². The molecule has 0 aliphatic carbocycles. The number of nitrogens with zero attached hydrogens (tertiary/aromatic N) is 3. The largest absolute Gasteiger partial charge is 0.282 e. The van der Waals surface area contributed by atoms with Crippen LogP contribution in [0.2, 0.25) is 0 Å². The Morgan fingerprint density at radius 1 is 1.29 bits per heavy atom. The summed E-state index contributed by atoms with van der Waals surface area (Å²) in [4.78, 5) is 0. The zero-order valence-electron chi connectivity index (χ0n) is 13.3. The fraction of sp³-hybridized carbons (Fsp3) is 0.533. The molecule has 0 radical (unpaired) electrons. The smallest absolute Gasteiger partial charge is 0.198 e. The van der Waals surface area contributed by atoms with E-state index in [2.05, 4.69) is 0 Å². The molecule has 0 amide bonds. The minimum absolute atomic E-state index is 0.174. The summed E-state index contributed by atoms with van der Waals surface area (Å²) in [5.74, 6) is 0. The molecule has 0 saturated heterocycles. The normalized spacial score (nSPS) is 13.4. The molecule has 0 N–H and O–H groups in total. The van der Waals surface area contributed by atoms with Crippen LogP contribution in [0, 0.1) is 25.2 Å². The van der Waals surface area contributed by atoms with E-state index in [9.17, 15) is 8.42 Å². The molecule has 116 valence electrons. The van der Waals surface area contributed by atoms with Gasteiger partial charge in [0.25, 0.3) is 10.2 Å². The van der Waals surface area contributed by atoms with Crippen molar-refractivity contribution in [3.63, 3.8) is 0 Å². The quantitative estimate of drug-likeness (QED) is 0.809. The molecule has 0 fully saturated rings. The number of hydrogen-bond donors (Lipinski definition) is 0. The van der Waals surface area contributed by atoms with Gasteiger partial charge in [0.2, 0.25) is 0 Å². The topological polar surface area (TPSA) is 64.4 Å². The third-order valence-corrected chi connectivity index (χ3v) is 5.67. The zero-order valence-corrected chi connectivity index (χ0v) is 14.1. The van der Waals surface area contributed by atoms with Crippen LogP contribution in [0.5, 0.6) is 0 Å². The maximum absolute atomic E-state index is 12.5. The van der Waals surface area contributed by atoms with Gasteiger partial charge in [0, 0.05) is 26.7 Å². The summed E-state index contributed by atoms with van der Waals surface area (Å²) in [7, 11) is -0.500. The molecule has 21 heavy (non-hydrogen) atoms. The molecule has 1 rings (SSSR count). The van der Waals surface area contributed by atoms with E-state index in [1.165, 1.54) is 15.7 Å². The van der Waals surface area contributed by atoms with Crippen LogP contribution in [0.25, 0.3) is 0 Å². The SMILES string of the molecule is Cc1ccc(C)c(CN(C)S(=O)(=O)N(C)[C@H](C)CC#N)c1. The first-order valence-electron chi connectivity index (χ1n) is 6.82. The van der Waals surface area contributed by atoms with Gasteiger partial charge >= 0.3 is 0 Å². The highest BCUT2D eigenvalue weighted by Gasteiger charge is 2.27.